The lowest BCUT2D eigenvalue weighted by molar-refractivity contribution is -0.111. The first-order valence-corrected chi connectivity index (χ1v) is 10.9. The fourth-order valence-electron chi connectivity index (χ4n) is 5.49. The number of nitrogens with one attached hydrogen (secondary N) is 1. The van der Waals surface area contributed by atoms with Crippen molar-refractivity contribution in [1.29, 1.82) is 0 Å². The summed E-state index contributed by atoms with van der Waals surface area (Å²) in [4.78, 5) is 15.4. The molecule has 7 heteroatoms. The predicted octanol–water partition coefficient (Wildman–Crippen LogP) is 5.10. The van der Waals surface area contributed by atoms with E-state index in [2.05, 4.69) is 10.3 Å². The zero-order chi connectivity index (χ0) is 22.8. The first-order chi connectivity index (χ1) is 15.4. The van der Waals surface area contributed by atoms with E-state index in [9.17, 15) is 18.0 Å². The van der Waals surface area contributed by atoms with E-state index in [-0.39, 0.29) is 43.0 Å². The van der Waals surface area contributed by atoms with E-state index in [1.165, 1.54) is 6.07 Å². The molecule has 1 aromatic heterocycles. The topological polar surface area (TPSA) is 51.2 Å². The highest BCUT2D eigenvalue weighted by Crippen LogP contribution is 2.56. The molecule has 2 aromatic rings. The molecule has 0 saturated heterocycles. The third-order valence-corrected chi connectivity index (χ3v) is 7.02. The molecule has 0 bridgehead atoms. The number of pyridine rings is 1. The minimum atomic E-state index is -2.65. The highest BCUT2D eigenvalue weighted by Gasteiger charge is 2.57. The number of halogens is 3. The first kappa shape index (κ1) is 22.5. The summed E-state index contributed by atoms with van der Waals surface area (Å²) in [6, 6.07) is 10.1. The average Bonchev–Trinajstić information content (AvgIpc) is 3.08. The second-order valence-electron chi connectivity index (χ2n) is 8.83. The summed E-state index contributed by atoms with van der Waals surface area (Å²) in [5.74, 6) is -3.21. The molecule has 1 aromatic carbocycles. The minimum Gasteiger partial charge on any atom is -0.376 e. The Bertz CT molecular complexity index is 979. The Labute approximate surface area is 185 Å². The van der Waals surface area contributed by atoms with Crippen LogP contribution in [0.3, 0.4) is 0 Å². The van der Waals surface area contributed by atoms with Gasteiger partial charge in [-0.3, -0.25) is 9.78 Å². The molecule has 2 saturated carbocycles. The molecular weight excluding hydrogens is 417 g/mol. The molecule has 170 valence electrons. The number of aromatic nitrogens is 1. The van der Waals surface area contributed by atoms with Gasteiger partial charge in [0.1, 0.15) is 5.82 Å². The highest BCUT2D eigenvalue weighted by molar-refractivity contribution is 5.64. The molecule has 4 rings (SSSR count). The van der Waals surface area contributed by atoms with Gasteiger partial charge in [-0.15, -0.1) is 0 Å². The van der Waals surface area contributed by atoms with Gasteiger partial charge >= 0.3 is 0 Å². The fourth-order valence-corrected chi connectivity index (χ4v) is 5.49. The van der Waals surface area contributed by atoms with E-state index in [1.807, 2.05) is 12.2 Å². The molecule has 1 heterocycles. The number of nitrogens with zero attached hydrogens (tertiary/aromatic N) is 1. The van der Waals surface area contributed by atoms with Crippen LogP contribution in [0.4, 0.5) is 13.2 Å². The van der Waals surface area contributed by atoms with Crippen molar-refractivity contribution in [3.8, 4) is 11.1 Å². The molecule has 4 nitrogen and oxygen atoms in total. The van der Waals surface area contributed by atoms with Crippen molar-refractivity contribution in [2.75, 3.05) is 13.7 Å². The van der Waals surface area contributed by atoms with Gasteiger partial charge in [0.15, 0.2) is 0 Å². The van der Waals surface area contributed by atoms with Crippen LogP contribution in [0.1, 0.15) is 31.4 Å². The Morgan fingerprint density at radius 1 is 1.22 bits per heavy atom. The second kappa shape index (κ2) is 9.06. The van der Waals surface area contributed by atoms with Crippen molar-refractivity contribution in [2.24, 2.45) is 17.8 Å². The molecule has 1 N–H and O–H groups in total. The summed E-state index contributed by atoms with van der Waals surface area (Å²) in [5, 5.41) is 2.69. The van der Waals surface area contributed by atoms with Gasteiger partial charge < -0.3 is 10.1 Å². The van der Waals surface area contributed by atoms with Gasteiger partial charge in [0.25, 0.3) is 0 Å². The van der Waals surface area contributed by atoms with Crippen LogP contribution in [-0.2, 0) is 9.53 Å². The molecule has 4 unspecified atom stereocenters. The van der Waals surface area contributed by atoms with Gasteiger partial charge in [0, 0.05) is 49.7 Å². The molecule has 1 amide bonds. The van der Waals surface area contributed by atoms with Crippen molar-refractivity contribution in [2.45, 2.75) is 37.2 Å². The van der Waals surface area contributed by atoms with Gasteiger partial charge in [-0.25, -0.2) is 13.2 Å². The van der Waals surface area contributed by atoms with Crippen LogP contribution >= 0.6 is 0 Å². The maximum absolute atomic E-state index is 14.1. The number of ether oxygens (including phenoxy) is 1. The lowest BCUT2D eigenvalue weighted by atomic mass is 9.75. The van der Waals surface area contributed by atoms with E-state index >= 15 is 0 Å². The maximum Gasteiger partial charge on any atom is 0.248 e. The monoisotopic (exact) mass is 444 g/mol. The summed E-state index contributed by atoms with van der Waals surface area (Å²) >= 11 is 0. The lowest BCUT2D eigenvalue weighted by Gasteiger charge is -2.35. The molecule has 0 aliphatic heterocycles. The van der Waals surface area contributed by atoms with Gasteiger partial charge in [0.2, 0.25) is 12.3 Å². The van der Waals surface area contributed by atoms with Crippen LogP contribution in [0, 0.1) is 23.6 Å². The summed E-state index contributed by atoms with van der Waals surface area (Å²) in [6.45, 7) is 0.264. The van der Waals surface area contributed by atoms with E-state index < -0.39 is 11.5 Å². The standard InChI is InChI=1S/C25H27F3N2O2/c1-32-24(15-29-16-31)12-18-13-25(27,28)11-10-20(18)22(24)9-8-19-7-6-17(14-30-19)21-4-2-3-5-23(21)26/h2-9,14,16,18,20,22H,10-13,15H2,1H3,(H,29,31)/b9-8+. The molecule has 32 heavy (non-hydrogen) atoms. The number of benzene rings is 1. The van der Waals surface area contributed by atoms with Crippen molar-refractivity contribution in [3.05, 3.63) is 60.2 Å². The van der Waals surface area contributed by atoms with Crippen LogP contribution in [0.25, 0.3) is 17.2 Å². The number of amides is 1. The fraction of sp³-hybridized carbons (Fsp3) is 0.440. The number of alkyl halides is 2. The van der Waals surface area contributed by atoms with Crippen LogP contribution in [0.15, 0.2) is 48.7 Å². The first-order valence-electron chi connectivity index (χ1n) is 10.9. The van der Waals surface area contributed by atoms with E-state index in [4.69, 9.17) is 4.74 Å². The van der Waals surface area contributed by atoms with Crippen LogP contribution in [0.5, 0.6) is 0 Å². The Kier molecular flexibility index (Phi) is 6.38. The van der Waals surface area contributed by atoms with Crippen LogP contribution in [0.2, 0.25) is 0 Å². The van der Waals surface area contributed by atoms with Crippen LogP contribution in [-0.4, -0.2) is 36.6 Å². The van der Waals surface area contributed by atoms with Gasteiger partial charge in [-0.2, -0.15) is 0 Å². The largest absolute Gasteiger partial charge is 0.376 e. The van der Waals surface area contributed by atoms with Crippen molar-refractivity contribution in [3.63, 3.8) is 0 Å². The number of hydrogen-bond donors (Lipinski definition) is 1. The van der Waals surface area contributed by atoms with E-state index in [0.29, 0.717) is 36.1 Å². The summed E-state index contributed by atoms with van der Waals surface area (Å²) < 4.78 is 48.0. The average molecular weight is 444 g/mol. The summed E-state index contributed by atoms with van der Waals surface area (Å²) in [7, 11) is 1.57. The number of methoxy groups -OCH3 is 1. The third-order valence-electron chi connectivity index (χ3n) is 7.02. The number of carbonyl (C=O) groups is 1. The summed E-state index contributed by atoms with van der Waals surface area (Å²) in [5.41, 5.74) is 1.11. The maximum atomic E-state index is 14.1. The van der Waals surface area contributed by atoms with Crippen molar-refractivity contribution >= 4 is 12.5 Å². The number of fused-ring (bicyclic) bond motifs is 1. The number of hydrogen-bond acceptors (Lipinski definition) is 3. The third kappa shape index (κ3) is 4.44. The minimum absolute atomic E-state index is 0.0527. The highest BCUT2D eigenvalue weighted by atomic mass is 19.3. The Morgan fingerprint density at radius 2 is 2.03 bits per heavy atom. The smallest absolute Gasteiger partial charge is 0.248 e. The molecule has 4 atom stereocenters. The lowest BCUT2D eigenvalue weighted by Crippen LogP contribution is -2.45. The Morgan fingerprint density at radius 3 is 2.72 bits per heavy atom. The molecule has 0 radical (unpaired) electrons. The van der Waals surface area contributed by atoms with E-state index in [1.54, 1.807) is 43.6 Å². The Hall–Kier alpha value is -2.67. The number of carbonyl (C=O) groups excluding carboxylic acids is 1. The number of rotatable bonds is 7. The molecule has 2 aliphatic rings. The Balaban J connectivity index is 1.58. The molecule has 0 spiro atoms. The zero-order valence-electron chi connectivity index (χ0n) is 17.9. The molecule has 2 aliphatic carbocycles. The van der Waals surface area contributed by atoms with E-state index in [0.717, 1.165) is 0 Å². The van der Waals surface area contributed by atoms with Gasteiger partial charge in [-0.05, 0) is 42.9 Å². The van der Waals surface area contributed by atoms with Crippen molar-refractivity contribution < 1.29 is 22.7 Å². The van der Waals surface area contributed by atoms with Gasteiger partial charge in [-0.1, -0.05) is 30.3 Å². The SMILES string of the molecule is COC1(CNC=O)CC2CC(F)(F)CCC2C1/C=C/c1ccc(-c2ccccc2F)cn1. The second-order valence-corrected chi connectivity index (χ2v) is 8.83. The zero-order valence-corrected chi connectivity index (χ0v) is 17.9. The molecule has 2 fully saturated rings. The quantitative estimate of drug-likeness (QED) is 0.605. The predicted molar refractivity (Wildman–Crippen MR) is 116 cm³/mol. The van der Waals surface area contributed by atoms with Crippen molar-refractivity contribution in [1.82, 2.24) is 10.3 Å². The van der Waals surface area contributed by atoms with Crippen LogP contribution < -0.4 is 5.32 Å². The van der Waals surface area contributed by atoms with Gasteiger partial charge in [0.05, 0.1) is 11.3 Å². The normalized spacial score (nSPS) is 29.1. The summed E-state index contributed by atoms with van der Waals surface area (Å²) in [6.07, 6.45) is 6.68. The molecular formula is C25H27F3N2O2.